The lowest BCUT2D eigenvalue weighted by Crippen LogP contribution is -2.12. The molecule has 8 nitrogen and oxygen atoms in total. The molecule has 2 amide bonds. The fraction of sp³-hybridized carbons (Fsp3) is 0. The third-order valence-electron chi connectivity index (χ3n) is 5.37. The lowest BCUT2D eigenvalue weighted by atomic mass is 10.2. The summed E-state index contributed by atoms with van der Waals surface area (Å²) in [5.74, 6) is -12.6. The highest BCUT2D eigenvalue weighted by atomic mass is 19.2. The molecule has 0 saturated heterocycles. The molecule has 5 rings (SSSR count). The van der Waals surface area contributed by atoms with E-state index in [2.05, 4.69) is 10.6 Å². The summed E-state index contributed by atoms with van der Waals surface area (Å²) in [6.45, 7) is 0. The molecule has 0 atom stereocenters. The van der Waals surface area contributed by atoms with Gasteiger partial charge in [-0.3, -0.25) is 9.59 Å². The molecule has 12 heteroatoms. The van der Waals surface area contributed by atoms with E-state index in [1.54, 1.807) is 0 Å². The van der Waals surface area contributed by atoms with Crippen molar-refractivity contribution in [3.05, 3.63) is 120 Å². The average Bonchev–Trinajstić information content (AvgIpc) is 3.69. The van der Waals surface area contributed by atoms with E-state index in [-0.39, 0.29) is 34.4 Å². The molecule has 0 saturated carbocycles. The molecule has 2 heterocycles. The van der Waals surface area contributed by atoms with Gasteiger partial charge in [-0.05, 0) is 48.5 Å². The summed E-state index contributed by atoms with van der Waals surface area (Å²) < 4.78 is 80.5. The first-order chi connectivity index (χ1) is 19.3. The Morgan fingerprint density at radius 3 is 1.27 bits per heavy atom. The predicted molar refractivity (Wildman–Crippen MR) is 133 cm³/mol. The average molecular weight is 552 g/mol. The highest BCUT2D eigenvalue weighted by Crippen LogP contribution is 2.41. The van der Waals surface area contributed by atoms with Gasteiger partial charge in [0.2, 0.25) is 34.8 Å². The molecule has 0 radical (unpaired) electrons. The number of halogens is 4. The summed E-state index contributed by atoms with van der Waals surface area (Å²) in [4.78, 5) is 24.6. The van der Waals surface area contributed by atoms with Crippen LogP contribution in [0.5, 0.6) is 23.0 Å². The van der Waals surface area contributed by atoms with Crippen molar-refractivity contribution in [2.75, 3.05) is 10.6 Å². The molecule has 2 N–H and O–H groups in total. The normalized spacial score (nSPS) is 10.7. The van der Waals surface area contributed by atoms with Crippen molar-refractivity contribution in [3.8, 4) is 23.0 Å². The molecule has 0 aliphatic heterocycles. The molecule has 0 unspecified atom stereocenters. The van der Waals surface area contributed by atoms with Crippen molar-refractivity contribution in [2.24, 2.45) is 0 Å². The van der Waals surface area contributed by atoms with Crippen LogP contribution in [0.3, 0.4) is 0 Å². The molecule has 2 aromatic heterocycles. The Hall–Kier alpha value is -5.52. The number of anilines is 2. The second-order valence-corrected chi connectivity index (χ2v) is 7.97. The monoisotopic (exact) mass is 552 g/mol. The molecular formula is C28H16F4N2O6. The van der Waals surface area contributed by atoms with E-state index in [9.17, 15) is 9.59 Å². The van der Waals surface area contributed by atoms with Crippen LogP contribution in [0.15, 0.2) is 94.2 Å². The fourth-order valence-corrected chi connectivity index (χ4v) is 3.49. The third kappa shape index (κ3) is 5.23. The number of hydrogen-bond acceptors (Lipinski definition) is 6. The van der Waals surface area contributed by atoms with Gasteiger partial charge < -0.3 is 28.9 Å². The van der Waals surface area contributed by atoms with E-state index in [1.807, 2.05) is 0 Å². The minimum Gasteiger partial charge on any atom is -0.459 e. The predicted octanol–water partition coefficient (Wildman–Crippen LogP) is 7.52. The quantitative estimate of drug-likeness (QED) is 0.153. The maximum Gasteiger partial charge on any atom is 0.291 e. The van der Waals surface area contributed by atoms with Gasteiger partial charge in [0.15, 0.2) is 23.0 Å². The summed E-state index contributed by atoms with van der Waals surface area (Å²) >= 11 is 0. The summed E-state index contributed by atoms with van der Waals surface area (Å²) in [5, 5.41) is 4.84. The van der Waals surface area contributed by atoms with Crippen LogP contribution < -0.4 is 20.1 Å². The Bertz CT molecular complexity index is 1530. The molecule has 0 bridgehead atoms. The Balaban J connectivity index is 1.43. The minimum absolute atomic E-state index is 0.0635. The van der Waals surface area contributed by atoms with Gasteiger partial charge in [-0.25, -0.2) is 0 Å². The number of amides is 2. The van der Waals surface area contributed by atoms with Gasteiger partial charge in [-0.15, -0.1) is 0 Å². The number of para-hydroxylation sites is 4. The van der Waals surface area contributed by atoms with Crippen LogP contribution in [0, 0.1) is 23.3 Å². The van der Waals surface area contributed by atoms with Crippen molar-refractivity contribution in [1.82, 2.24) is 0 Å². The molecule has 3 aromatic carbocycles. The van der Waals surface area contributed by atoms with Crippen LogP contribution in [0.4, 0.5) is 28.9 Å². The number of furan rings is 2. The van der Waals surface area contributed by atoms with Crippen LogP contribution in [-0.4, -0.2) is 11.8 Å². The van der Waals surface area contributed by atoms with Gasteiger partial charge >= 0.3 is 0 Å². The Kier molecular flexibility index (Phi) is 7.22. The van der Waals surface area contributed by atoms with Gasteiger partial charge in [0.25, 0.3) is 11.8 Å². The highest BCUT2D eigenvalue weighted by molar-refractivity contribution is 6.03. The maximum atomic E-state index is 15.0. The van der Waals surface area contributed by atoms with Gasteiger partial charge in [-0.1, -0.05) is 24.3 Å². The summed E-state index contributed by atoms with van der Waals surface area (Å²) in [5.41, 5.74) is -0.130. The number of carbonyl (C=O) groups is 2. The molecule has 0 aliphatic carbocycles. The van der Waals surface area contributed by atoms with Crippen LogP contribution in [0.2, 0.25) is 0 Å². The summed E-state index contributed by atoms with van der Waals surface area (Å²) in [7, 11) is 0. The maximum absolute atomic E-state index is 15.0. The van der Waals surface area contributed by atoms with E-state index >= 15 is 17.6 Å². The molecule has 5 aromatic rings. The Labute approximate surface area is 222 Å². The van der Waals surface area contributed by atoms with Crippen LogP contribution >= 0.6 is 0 Å². The van der Waals surface area contributed by atoms with Crippen LogP contribution in [0.1, 0.15) is 21.1 Å². The van der Waals surface area contributed by atoms with Crippen LogP contribution in [-0.2, 0) is 0 Å². The van der Waals surface area contributed by atoms with Crippen molar-refractivity contribution in [2.45, 2.75) is 0 Å². The van der Waals surface area contributed by atoms with Gasteiger partial charge in [0, 0.05) is 0 Å². The van der Waals surface area contributed by atoms with Gasteiger partial charge in [-0.2, -0.15) is 17.6 Å². The fourth-order valence-electron chi connectivity index (χ4n) is 3.49. The number of carbonyl (C=O) groups excluding carboxylic acids is 2. The van der Waals surface area contributed by atoms with E-state index in [1.165, 1.54) is 85.3 Å². The third-order valence-corrected chi connectivity index (χ3v) is 5.37. The van der Waals surface area contributed by atoms with Crippen molar-refractivity contribution >= 4 is 23.2 Å². The smallest absolute Gasteiger partial charge is 0.291 e. The summed E-state index contributed by atoms with van der Waals surface area (Å²) in [6.07, 6.45) is 2.53. The molecule has 0 aliphatic rings. The van der Waals surface area contributed by atoms with Crippen molar-refractivity contribution < 1.29 is 45.5 Å². The van der Waals surface area contributed by atoms with E-state index < -0.39 is 46.6 Å². The molecule has 0 spiro atoms. The zero-order valence-corrected chi connectivity index (χ0v) is 20.0. The van der Waals surface area contributed by atoms with Crippen LogP contribution in [0.25, 0.3) is 0 Å². The molecule has 202 valence electrons. The zero-order chi connectivity index (χ0) is 28.2. The number of nitrogens with one attached hydrogen (secondary N) is 2. The van der Waals surface area contributed by atoms with E-state index in [4.69, 9.17) is 18.3 Å². The van der Waals surface area contributed by atoms with E-state index in [0.717, 1.165) is 0 Å². The highest BCUT2D eigenvalue weighted by Gasteiger charge is 2.30. The van der Waals surface area contributed by atoms with E-state index in [0.29, 0.717) is 0 Å². The van der Waals surface area contributed by atoms with Crippen molar-refractivity contribution in [3.63, 3.8) is 0 Å². The second-order valence-electron chi connectivity index (χ2n) is 7.97. The first kappa shape index (κ1) is 26.1. The first-order valence-corrected chi connectivity index (χ1v) is 11.4. The zero-order valence-electron chi connectivity index (χ0n) is 20.0. The first-order valence-electron chi connectivity index (χ1n) is 11.4. The molecule has 40 heavy (non-hydrogen) atoms. The summed E-state index contributed by atoms with van der Waals surface area (Å²) in [6, 6.07) is 16.6. The topological polar surface area (TPSA) is 103 Å². The number of benzene rings is 3. The Morgan fingerprint density at radius 2 is 0.925 bits per heavy atom. The van der Waals surface area contributed by atoms with Gasteiger partial charge in [0.05, 0.1) is 23.9 Å². The lowest BCUT2D eigenvalue weighted by Gasteiger charge is -2.16. The largest absolute Gasteiger partial charge is 0.459 e. The lowest BCUT2D eigenvalue weighted by molar-refractivity contribution is 0.0989. The number of rotatable bonds is 8. The number of hydrogen-bond donors (Lipinski definition) is 2. The standard InChI is InChI=1S/C28H16F4N2O6/c29-21-23(31)26(40-18-10-4-2-8-16(18)34-28(36)20-12-6-14-38-20)24(32)22(30)25(21)39-17-9-3-1-7-15(17)33-27(35)19-11-5-13-37-19/h1-14H,(H,33,35)(H,34,36). The second kappa shape index (κ2) is 11.1. The van der Waals surface area contributed by atoms with Crippen molar-refractivity contribution in [1.29, 1.82) is 0 Å². The minimum atomic E-state index is -1.90. The number of ether oxygens (including phenoxy) is 2. The Morgan fingerprint density at radius 1 is 0.550 bits per heavy atom. The molecule has 0 fully saturated rings. The SMILES string of the molecule is O=C(Nc1ccccc1Oc1c(F)c(F)c(Oc2ccccc2NC(=O)c2ccco2)c(F)c1F)c1ccco1. The molecular weight excluding hydrogens is 536 g/mol. The van der Waals surface area contributed by atoms with Gasteiger partial charge in [0.1, 0.15) is 0 Å².